The first-order valence-electron chi connectivity index (χ1n) is 7.22. The average Bonchev–Trinajstić information content (AvgIpc) is 3.14. The molecule has 0 radical (unpaired) electrons. The van der Waals surface area contributed by atoms with Crippen LogP contribution in [0.4, 0.5) is 0 Å². The molecule has 0 spiro atoms. The predicted octanol–water partition coefficient (Wildman–Crippen LogP) is 4.04. The molecule has 2 aromatic heterocycles. The van der Waals surface area contributed by atoms with Crippen molar-refractivity contribution in [2.45, 2.75) is 6.54 Å². The van der Waals surface area contributed by atoms with Crippen LogP contribution in [0.25, 0.3) is 22.4 Å². The maximum atomic E-state index is 6.02. The van der Waals surface area contributed by atoms with Gasteiger partial charge in [0.2, 0.25) is 0 Å². The van der Waals surface area contributed by atoms with E-state index in [2.05, 4.69) is 10.3 Å². The molecule has 4 nitrogen and oxygen atoms in total. The van der Waals surface area contributed by atoms with Crippen molar-refractivity contribution in [3.05, 3.63) is 39.7 Å². The Labute approximate surface area is 137 Å². The first-order valence-corrected chi connectivity index (χ1v) is 8.48. The monoisotopic (exact) mass is 334 g/mol. The van der Waals surface area contributed by atoms with Gasteiger partial charge >= 0.3 is 0 Å². The zero-order valence-corrected chi connectivity index (χ0v) is 13.5. The third kappa shape index (κ3) is 2.90. The second-order valence-electron chi connectivity index (χ2n) is 5.31. The fourth-order valence-electron chi connectivity index (χ4n) is 2.59. The molecule has 22 heavy (non-hydrogen) atoms. The van der Waals surface area contributed by atoms with E-state index in [1.165, 1.54) is 0 Å². The zero-order chi connectivity index (χ0) is 14.9. The van der Waals surface area contributed by atoms with Crippen LogP contribution >= 0.6 is 22.9 Å². The Kier molecular flexibility index (Phi) is 3.88. The number of rotatable bonds is 3. The second kappa shape index (κ2) is 6.01. The van der Waals surface area contributed by atoms with Crippen molar-refractivity contribution in [2.24, 2.45) is 0 Å². The third-order valence-corrected chi connectivity index (χ3v) is 4.81. The molecule has 1 aliphatic rings. The second-order valence-corrected chi connectivity index (χ2v) is 6.69. The van der Waals surface area contributed by atoms with Crippen LogP contribution in [0.5, 0.6) is 0 Å². The lowest BCUT2D eigenvalue weighted by Gasteiger charge is -2.25. The van der Waals surface area contributed by atoms with Gasteiger partial charge in [-0.2, -0.15) is 0 Å². The molecule has 1 aromatic carbocycles. The van der Waals surface area contributed by atoms with Gasteiger partial charge in [0.25, 0.3) is 0 Å². The molecule has 0 saturated carbocycles. The van der Waals surface area contributed by atoms with Crippen LogP contribution in [0.2, 0.25) is 5.02 Å². The summed E-state index contributed by atoms with van der Waals surface area (Å²) in [5.74, 6) is 0.793. The van der Waals surface area contributed by atoms with Crippen molar-refractivity contribution < 1.29 is 9.15 Å². The summed E-state index contributed by atoms with van der Waals surface area (Å²) < 4.78 is 11.2. The number of morpholine rings is 1. The van der Waals surface area contributed by atoms with E-state index in [1.54, 1.807) is 11.3 Å². The predicted molar refractivity (Wildman–Crippen MR) is 88.4 cm³/mol. The number of benzene rings is 1. The Morgan fingerprint density at radius 3 is 2.95 bits per heavy atom. The SMILES string of the molecule is Clc1ccc2oc(-c3csc(CN4CCOCC4)n3)cc2c1. The number of aromatic nitrogens is 1. The van der Waals surface area contributed by atoms with E-state index in [0.717, 1.165) is 60.3 Å². The summed E-state index contributed by atoms with van der Waals surface area (Å²) >= 11 is 7.69. The van der Waals surface area contributed by atoms with Gasteiger partial charge in [0.15, 0.2) is 5.76 Å². The van der Waals surface area contributed by atoms with E-state index >= 15 is 0 Å². The van der Waals surface area contributed by atoms with Gasteiger partial charge in [-0.3, -0.25) is 4.90 Å². The molecule has 114 valence electrons. The molecule has 0 N–H and O–H groups in total. The van der Waals surface area contributed by atoms with Gasteiger partial charge in [-0.25, -0.2) is 4.98 Å². The quantitative estimate of drug-likeness (QED) is 0.724. The van der Waals surface area contributed by atoms with Gasteiger partial charge in [-0.05, 0) is 24.3 Å². The fourth-order valence-corrected chi connectivity index (χ4v) is 3.59. The Bertz CT molecular complexity index is 792. The Morgan fingerprint density at radius 1 is 1.23 bits per heavy atom. The molecule has 0 amide bonds. The highest BCUT2D eigenvalue weighted by molar-refractivity contribution is 7.09. The molecule has 3 heterocycles. The highest BCUT2D eigenvalue weighted by Crippen LogP contribution is 2.30. The molecule has 0 bridgehead atoms. The van der Waals surface area contributed by atoms with E-state index < -0.39 is 0 Å². The van der Waals surface area contributed by atoms with Crippen molar-refractivity contribution >= 4 is 33.9 Å². The lowest BCUT2D eigenvalue weighted by Crippen LogP contribution is -2.35. The fraction of sp³-hybridized carbons (Fsp3) is 0.312. The Morgan fingerprint density at radius 2 is 2.09 bits per heavy atom. The van der Waals surface area contributed by atoms with Gasteiger partial charge in [0.1, 0.15) is 16.3 Å². The van der Waals surface area contributed by atoms with E-state index in [1.807, 2.05) is 24.3 Å². The summed E-state index contributed by atoms with van der Waals surface area (Å²) in [6, 6.07) is 7.63. The smallest absolute Gasteiger partial charge is 0.154 e. The molecule has 0 atom stereocenters. The molecule has 1 fully saturated rings. The first kappa shape index (κ1) is 14.2. The molecule has 0 aliphatic carbocycles. The molecule has 3 aromatic rings. The van der Waals surface area contributed by atoms with Crippen molar-refractivity contribution in [3.63, 3.8) is 0 Å². The number of hydrogen-bond donors (Lipinski definition) is 0. The molecular formula is C16H15ClN2O2S. The van der Waals surface area contributed by atoms with Crippen LogP contribution in [-0.4, -0.2) is 36.2 Å². The van der Waals surface area contributed by atoms with Crippen molar-refractivity contribution in [1.29, 1.82) is 0 Å². The van der Waals surface area contributed by atoms with Crippen molar-refractivity contribution in [3.8, 4) is 11.5 Å². The largest absolute Gasteiger partial charge is 0.454 e. The minimum Gasteiger partial charge on any atom is -0.454 e. The number of furan rings is 1. The summed E-state index contributed by atoms with van der Waals surface area (Å²) in [7, 11) is 0. The number of ether oxygens (including phenoxy) is 1. The van der Waals surface area contributed by atoms with Crippen molar-refractivity contribution in [1.82, 2.24) is 9.88 Å². The number of halogens is 1. The van der Waals surface area contributed by atoms with Crippen LogP contribution in [0.3, 0.4) is 0 Å². The Hall–Kier alpha value is -1.40. The number of nitrogens with zero attached hydrogens (tertiary/aromatic N) is 2. The van der Waals surface area contributed by atoms with E-state index in [0.29, 0.717) is 5.02 Å². The maximum Gasteiger partial charge on any atom is 0.154 e. The standard InChI is InChI=1S/C16H15ClN2O2S/c17-12-1-2-14-11(7-12)8-15(21-14)13-10-22-16(18-13)9-19-3-5-20-6-4-19/h1-2,7-8,10H,3-6,9H2. The number of fused-ring (bicyclic) bond motifs is 1. The summed E-state index contributed by atoms with van der Waals surface area (Å²) in [6.45, 7) is 4.43. The van der Waals surface area contributed by atoms with Gasteiger partial charge in [0, 0.05) is 28.9 Å². The van der Waals surface area contributed by atoms with Crippen LogP contribution in [0.1, 0.15) is 5.01 Å². The third-order valence-electron chi connectivity index (χ3n) is 3.75. The first-order chi connectivity index (χ1) is 10.8. The minimum atomic E-state index is 0.714. The molecule has 1 saturated heterocycles. The van der Waals surface area contributed by atoms with Gasteiger partial charge in [-0.1, -0.05) is 11.6 Å². The molecule has 1 aliphatic heterocycles. The van der Waals surface area contributed by atoms with Crippen molar-refractivity contribution in [2.75, 3.05) is 26.3 Å². The summed E-state index contributed by atoms with van der Waals surface area (Å²) in [5.41, 5.74) is 1.72. The highest BCUT2D eigenvalue weighted by atomic mass is 35.5. The zero-order valence-electron chi connectivity index (χ0n) is 11.9. The van der Waals surface area contributed by atoms with E-state index in [9.17, 15) is 0 Å². The maximum absolute atomic E-state index is 6.02. The molecule has 4 rings (SSSR count). The number of hydrogen-bond acceptors (Lipinski definition) is 5. The summed E-state index contributed by atoms with van der Waals surface area (Å²) in [5, 5.41) is 4.88. The molecule has 6 heteroatoms. The summed E-state index contributed by atoms with van der Waals surface area (Å²) in [4.78, 5) is 7.07. The van der Waals surface area contributed by atoms with E-state index in [4.69, 9.17) is 25.7 Å². The normalized spacial score (nSPS) is 16.4. The van der Waals surface area contributed by atoms with Gasteiger partial charge < -0.3 is 9.15 Å². The summed E-state index contributed by atoms with van der Waals surface area (Å²) in [6.07, 6.45) is 0. The van der Waals surface area contributed by atoms with E-state index in [-0.39, 0.29) is 0 Å². The lowest BCUT2D eigenvalue weighted by molar-refractivity contribution is 0.0342. The number of thiazole rings is 1. The van der Waals surface area contributed by atoms with Crippen LogP contribution in [0.15, 0.2) is 34.1 Å². The molecule has 0 unspecified atom stereocenters. The van der Waals surface area contributed by atoms with Crippen LogP contribution in [0, 0.1) is 0 Å². The topological polar surface area (TPSA) is 38.5 Å². The van der Waals surface area contributed by atoms with Crippen LogP contribution < -0.4 is 0 Å². The van der Waals surface area contributed by atoms with Gasteiger partial charge in [-0.15, -0.1) is 11.3 Å². The molecular weight excluding hydrogens is 320 g/mol. The average molecular weight is 335 g/mol. The lowest BCUT2D eigenvalue weighted by atomic mass is 10.2. The van der Waals surface area contributed by atoms with Gasteiger partial charge in [0.05, 0.1) is 19.8 Å². The minimum absolute atomic E-state index is 0.714. The Balaban J connectivity index is 1.56. The van der Waals surface area contributed by atoms with Crippen LogP contribution in [-0.2, 0) is 11.3 Å². The highest BCUT2D eigenvalue weighted by Gasteiger charge is 2.15.